The Balaban J connectivity index is 1.19. The maximum atomic E-state index is 12.9. The van der Waals surface area contributed by atoms with Gasteiger partial charge in [0.1, 0.15) is 5.60 Å². The number of hydrogen-bond acceptors (Lipinski definition) is 4. The molecule has 0 aliphatic heterocycles. The maximum Gasteiger partial charge on any atom is 0.311 e. The van der Waals surface area contributed by atoms with Crippen LogP contribution in [0.4, 0.5) is 0 Å². The second-order valence-corrected chi connectivity index (χ2v) is 13.5. The predicted octanol–water partition coefficient (Wildman–Crippen LogP) is 9.19. The van der Waals surface area contributed by atoms with Gasteiger partial charge in [0.2, 0.25) is 0 Å². The number of hydrogen-bond donors (Lipinski definition) is 0. The molecule has 37 heavy (non-hydrogen) atoms. The van der Waals surface area contributed by atoms with Gasteiger partial charge in [0.25, 0.3) is 0 Å². The summed E-state index contributed by atoms with van der Waals surface area (Å²) < 4.78 is 11.9. The van der Waals surface area contributed by atoms with Gasteiger partial charge in [-0.3, -0.25) is 9.59 Å². The molecular formula is C33H58O4. The SMILES string of the molecule is CCCCC1(OC(=O)CCCCCCCCCCCCOC(=O)C(C)(C)CC)C2CC3CC(C2)CC1C3. The number of carbonyl (C=O) groups is 2. The highest BCUT2D eigenvalue weighted by atomic mass is 16.6. The van der Waals surface area contributed by atoms with E-state index in [1.807, 2.05) is 20.8 Å². The van der Waals surface area contributed by atoms with E-state index in [2.05, 4.69) is 6.92 Å². The lowest BCUT2D eigenvalue weighted by Gasteiger charge is -2.60. The van der Waals surface area contributed by atoms with Gasteiger partial charge in [-0.1, -0.05) is 71.6 Å². The third-order valence-electron chi connectivity index (χ3n) is 10.2. The Bertz CT molecular complexity index is 668. The molecule has 0 N–H and O–H groups in total. The maximum absolute atomic E-state index is 12.9. The molecule has 214 valence electrons. The van der Waals surface area contributed by atoms with Crippen LogP contribution in [0.2, 0.25) is 0 Å². The van der Waals surface area contributed by atoms with Crippen LogP contribution < -0.4 is 0 Å². The Kier molecular flexibility index (Phi) is 12.3. The fraction of sp³-hybridized carbons (Fsp3) is 0.939. The first kappa shape index (κ1) is 30.5. The molecule has 0 heterocycles. The van der Waals surface area contributed by atoms with Crippen molar-refractivity contribution in [3.63, 3.8) is 0 Å². The second-order valence-electron chi connectivity index (χ2n) is 13.5. The van der Waals surface area contributed by atoms with Gasteiger partial charge in [-0.15, -0.1) is 0 Å². The number of carbonyl (C=O) groups excluding carboxylic acids is 2. The molecule has 4 aliphatic rings. The molecule has 4 fully saturated rings. The van der Waals surface area contributed by atoms with Gasteiger partial charge in [-0.05, 0) is 102 Å². The molecule has 4 heteroatoms. The zero-order valence-electron chi connectivity index (χ0n) is 24.8. The Hall–Kier alpha value is -1.06. The topological polar surface area (TPSA) is 52.6 Å². The van der Waals surface area contributed by atoms with E-state index in [0.717, 1.165) is 50.4 Å². The molecule has 0 atom stereocenters. The van der Waals surface area contributed by atoms with Crippen LogP contribution in [0.3, 0.4) is 0 Å². The molecule has 0 aromatic heterocycles. The van der Waals surface area contributed by atoms with Crippen molar-refractivity contribution in [2.24, 2.45) is 29.1 Å². The largest absolute Gasteiger partial charge is 0.465 e. The van der Waals surface area contributed by atoms with Crippen molar-refractivity contribution in [2.75, 3.05) is 6.61 Å². The second kappa shape index (κ2) is 14.9. The first-order chi connectivity index (χ1) is 17.8. The summed E-state index contributed by atoms with van der Waals surface area (Å²) in [6.07, 6.45) is 23.4. The quantitative estimate of drug-likeness (QED) is 0.126. The zero-order chi connectivity index (χ0) is 26.7. The smallest absolute Gasteiger partial charge is 0.311 e. The van der Waals surface area contributed by atoms with E-state index in [-0.39, 0.29) is 23.0 Å². The van der Waals surface area contributed by atoms with Gasteiger partial charge in [-0.25, -0.2) is 0 Å². The molecule has 0 unspecified atom stereocenters. The first-order valence-electron chi connectivity index (χ1n) is 16.2. The summed E-state index contributed by atoms with van der Waals surface area (Å²) in [6, 6.07) is 0. The van der Waals surface area contributed by atoms with Crippen molar-refractivity contribution in [3.8, 4) is 0 Å². The number of ether oxygens (including phenoxy) is 2. The highest BCUT2D eigenvalue weighted by molar-refractivity contribution is 5.75. The normalized spacial score (nSPS) is 28.4. The average Bonchev–Trinajstić information content (AvgIpc) is 2.87. The van der Waals surface area contributed by atoms with Crippen molar-refractivity contribution in [3.05, 3.63) is 0 Å². The van der Waals surface area contributed by atoms with Crippen molar-refractivity contribution < 1.29 is 19.1 Å². The molecule has 4 nitrogen and oxygen atoms in total. The number of unbranched alkanes of at least 4 members (excludes halogenated alkanes) is 10. The molecule has 4 rings (SSSR count). The van der Waals surface area contributed by atoms with Crippen LogP contribution in [0.15, 0.2) is 0 Å². The van der Waals surface area contributed by atoms with Crippen molar-refractivity contribution in [1.29, 1.82) is 0 Å². The molecule has 0 aromatic carbocycles. The summed E-state index contributed by atoms with van der Waals surface area (Å²) in [5.41, 5.74) is -0.472. The van der Waals surface area contributed by atoms with Gasteiger partial charge in [-0.2, -0.15) is 0 Å². The standard InChI is InChI=1S/C33H58O4/c1-5-7-19-33(28-22-26-21-27(24-28)25-29(33)23-26)37-30(34)18-16-14-12-10-8-9-11-13-15-17-20-36-31(35)32(3,4)6-2/h26-29H,5-25H2,1-4H3. The predicted molar refractivity (Wildman–Crippen MR) is 151 cm³/mol. The number of esters is 2. The van der Waals surface area contributed by atoms with Gasteiger partial charge >= 0.3 is 11.9 Å². The molecule has 4 aliphatic carbocycles. The minimum atomic E-state index is -0.355. The van der Waals surface area contributed by atoms with Gasteiger partial charge < -0.3 is 9.47 Å². The van der Waals surface area contributed by atoms with Crippen LogP contribution in [0, 0.1) is 29.1 Å². The van der Waals surface area contributed by atoms with E-state index < -0.39 is 0 Å². The fourth-order valence-electron chi connectivity index (χ4n) is 7.61. The minimum absolute atomic E-state index is 0.0629. The molecular weight excluding hydrogens is 460 g/mol. The first-order valence-corrected chi connectivity index (χ1v) is 16.2. The highest BCUT2D eigenvalue weighted by Crippen LogP contribution is 2.61. The van der Waals surface area contributed by atoms with Crippen LogP contribution in [0.5, 0.6) is 0 Å². The summed E-state index contributed by atoms with van der Waals surface area (Å²) >= 11 is 0. The summed E-state index contributed by atoms with van der Waals surface area (Å²) in [7, 11) is 0. The van der Waals surface area contributed by atoms with Gasteiger partial charge in [0, 0.05) is 6.42 Å². The van der Waals surface area contributed by atoms with E-state index in [1.54, 1.807) is 0 Å². The minimum Gasteiger partial charge on any atom is -0.465 e. The Morgan fingerprint density at radius 2 is 1.24 bits per heavy atom. The van der Waals surface area contributed by atoms with Crippen LogP contribution in [-0.4, -0.2) is 24.1 Å². The average molecular weight is 519 g/mol. The number of rotatable bonds is 19. The third kappa shape index (κ3) is 8.72. The molecule has 0 aromatic rings. The van der Waals surface area contributed by atoms with Crippen LogP contribution >= 0.6 is 0 Å². The molecule has 4 saturated carbocycles. The molecule has 0 saturated heterocycles. The van der Waals surface area contributed by atoms with Crippen molar-refractivity contribution in [1.82, 2.24) is 0 Å². The molecule has 4 bridgehead atoms. The Morgan fingerprint density at radius 3 is 1.76 bits per heavy atom. The van der Waals surface area contributed by atoms with Crippen LogP contribution in [0.1, 0.15) is 156 Å². The summed E-state index contributed by atoms with van der Waals surface area (Å²) in [6.45, 7) is 8.76. The van der Waals surface area contributed by atoms with E-state index >= 15 is 0 Å². The van der Waals surface area contributed by atoms with Gasteiger partial charge in [0.15, 0.2) is 0 Å². The summed E-state index contributed by atoms with van der Waals surface area (Å²) in [5, 5.41) is 0. The third-order valence-corrected chi connectivity index (χ3v) is 10.2. The fourth-order valence-corrected chi connectivity index (χ4v) is 7.61. The molecule has 0 spiro atoms. The van der Waals surface area contributed by atoms with E-state index in [4.69, 9.17) is 9.47 Å². The summed E-state index contributed by atoms with van der Waals surface area (Å²) in [4.78, 5) is 24.9. The van der Waals surface area contributed by atoms with Crippen LogP contribution in [-0.2, 0) is 19.1 Å². The van der Waals surface area contributed by atoms with E-state index in [1.165, 1.54) is 83.5 Å². The zero-order valence-corrected chi connectivity index (χ0v) is 24.8. The highest BCUT2D eigenvalue weighted by Gasteiger charge is 2.58. The lowest BCUT2D eigenvalue weighted by molar-refractivity contribution is -0.212. The van der Waals surface area contributed by atoms with Crippen molar-refractivity contribution in [2.45, 2.75) is 162 Å². The van der Waals surface area contributed by atoms with Crippen LogP contribution in [0.25, 0.3) is 0 Å². The van der Waals surface area contributed by atoms with Crippen molar-refractivity contribution >= 4 is 11.9 Å². The molecule has 0 radical (unpaired) electrons. The van der Waals surface area contributed by atoms with E-state index in [0.29, 0.717) is 24.9 Å². The lowest BCUT2D eigenvalue weighted by atomic mass is 9.49. The summed E-state index contributed by atoms with van der Waals surface area (Å²) in [5.74, 6) is 3.14. The Labute approximate surface area is 228 Å². The Morgan fingerprint density at radius 1 is 0.730 bits per heavy atom. The lowest BCUT2D eigenvalue weighted by Crippen LogP contribution is -2.59. The van der Waals surface area contributed by atoms with E-state index in [9.17, 15) is 9.59 Å². The monoisotopic (exact) mass is 518 g/mol. The van der Waals surface area contributed by atoms with Gasteiger partial charge in [0.05, 0.1) is 12.0 Å². The molecule has 0 amide bonds.